The molecule has 1 aliphatic rings. The van der Waals surface area contributed by atoms with Crippen LogP contribution in [0.1, 0.15) is 20.8 Å². The zero-order valence-electron chi connectivity index (χ0n) is 9.20. The number of halogens is 2. The van der Waals surface area contributed by atoms with Crippen molar-refractivity contribution in [3.8, 4) is 5.75 Å². The van der Waals surface area contributed by atoms with Crippen LogP contribution >= 0.6 is 43.2 Å². The lowest BCUT2D eigenvalue weighted by atomic mass is 10.0. The SMILES string of the molecule is O=C(c1cc(Br)c(Br)s1)c1cccc2c1OCC2. The van der Waals surface area contributed by atoms with Crippen molar-refractivity contribution in [1.82, 2.24) is 0 Å². The number of hydrogen-bond acceptors (Lipinski definition) is 3. The molecule has 0 radical (unpaired) electrons. The molecule has 18 heavy (non-hydrogen) atoms. The Morgan fingerprint density at radius 2 is 2.17 bits per heavy atom. The molecule has 2 heterocycles. The lowest BCUT2D eigenvalue weighted by molar-refractivity contribution is 0.103. The van der Waals surface area contributed by atoms with Gasteiger partial charge in [0.05, 0.1) is 20.8 Å². The molecule has 0 fully saturated rings. The topological polar surface area (TPSA) is 26.3 Å². The number of benzene rings is 1. The molecule has 1 aromatic heterocycles. The van der Waals surface area contributed by atoms with E-state index in [2.05, 4.69) is 31.9 Å². The van der Waals surface area contributed by atoms with Crippen molar-refractivity contribution in [3.05, 3.63) is 48.5 Å². The summed E-state index contributed by atoms with van der Waals surface area (Å²) >= 11 is 8.23. The van der Waals surface area contributed by atoms with Gasteiger partial charge in [-0.1, -0.05) is 12.1 Å². The summed E-state index contributed by atoms with van der Waals surface area (Å²) in [6.07, 6.45) is 0.883. The Kier molecular flexibility index (Phi) is 3.30. The predicted molar refractivity (Wildman–Crippen MR) is 78.8 cm³/mol. The van der Waals surface area contributed by atoms with Gasteiger partial charge in [-0.3, -0.25) is 4.79 Å². The molecular formula is C13H8Br2O2S. The monoisotopic (exact) mass is 386 g/mol. The molecule has 0 saturated carbocycles. The van der Waals surface area contributed by atoms with Gasteiger partial charge in [-0.15, -0.1) is 11.3 Å². The van der Waals surface area contributed by atoms with Crippen LogP contribution in [0.25, 0.3) is 0 Å². The number of hydrogen-bond donors (Lipinski definition) is 0. The number of thiophene rings is 1. The Labute approximate surface area is 125 Å². The maximum absolute atomic E-state index is 12.5. The molecule has 0 amide bonds. The van der Waals surface area contributed by atoms with Crippen LogP contribution in [-0.2, 0) is 6.42 Å². The second-order valence-electron chi connectivity index (χ2n) is 3.95. The standard InChI is InChI=1S/C13H8Br2O2S/c14-9-6-10(18-13(9)15)11(16)8-3-1-2-7-4-5-17-12(7)8/h1-3,6H,4-5H2. The van der Waals surface area contributed by atoms with Crippen LogP contribution in [0.15, 0.2) is 32.5 Å². The second-order valence-corrected chi connectivity index (χ2v) is 7.18. The summed E-state index contributed by atoms with van der Waals surface area (Å²) in [5.41, 5.74) is 1.78. The fourth-order valence-corrected chi connectivity index (χ4v) is 3.98. The number of carbonyl (C=O) groups is 1. The van der Waals surface area contributed by atoms with Gasteiger partial charge in [0.15, 0.2) is 0 Å². The molecule has 1 aliphatic heterocycles. The molecule has 0 bridgehead atoms. The lowest BCUT2D eigenvalue weighted by Gasteiger charge is -2.05. The van der Waals surface area contributed by atoms with E-state index in [4.69, 9.17) is 4.74 Å². The molecule has 1 aromatic carbocycles. The first-order valence-corrected chi connectivity index (χ1v) is 7.81. The number of ketones is 1. The van der Waals surface area contributed by atoms with Crippen molar-refractivity contribution in [2.24, 2.45) is 0 Å². The maximum atomic E-state index is 12.5. The normalized spacial score (nSPS) is 13.2. The number of ether oxygens (including phenoxy) is 1. The summed E-state index contributed by atoms with van der Waals surface area (Å²) in [6.45, 7) is 0.664. The van der Waals surface area contributed by atoms with Crippen LogP contribution in [0.2, 0.25) is 0 Å². The molecule has 0 saturated heterocycles. The number of para-hydroxylation sites is 1. The smallest absolute Gasteiger partial charge is 0.206 e. The average Bonchev–Trinajstić information content (AvgIpc) is 2.95. The first-order valence-electron chi connectivity index (χ1n) is 5.41. The van der Waals surface area contributed by atoms with Crippen molar-refractivity contribution in [2.45, 2.75) is 6.42 Å². The van der Waals surface area contributed by atoms with Gasteiger partial charge in [-0.25, -0.2) is 0 Å². The summed E-state index contributed by atoms with van der Waals surface area (Å²) in [7, 11) is 0. The number of carbonyl (C=O) groups excluding carboxylic acids is 1. The molecule has 0 unspecified atom stereocenters. The first kappa shape index (κ1) is 12.4. The highest BCUT2D eigenvalue weighted by Crippen LogP contribution is 2.36. The molecule has 0 spiro atoms. The van der Waals surface area contributed by atoms with Crippen molar-refractivity contribution in [2.75, 3.05) is 6.61 Å². The largest absolute Gasteiger partial charge is 0.492 e. The number of rotatable bonds is 2. The second kappa shape index (κ2) is 4.79. The molecule has 92 valence electrons. The zero-order valence-corrected chi connectivity index (χ0v) is 13.2. The summed E-state index contributed by atoms with van der Waals surface area (Å²) in [6, 6.07) is 7.59. The van der Waals surface area contributed by atoms with E-state index in [9.17, 15) is 4.79 Å². The van der Waals surface area contributed by atoms with Gasteiger partial charge in [0.1, 0.15) is 5.75 Å². The van der Waals surface area contributed by atoms with Gasteiger partial charge in [0, 0.05) is 10.9 Å². The highest BCUT2D eigenvalue weighted by atomic mass is 79.9. The van der Waals surface area contributed by atoms with Crippen LogP contribution in [0, 0.1) is 0 Å². The summed E-state index contributed by atoms with van der Waals surface area (Å²) in [4.78, 5) is 13.2. The van der Waals surface area contributed by atoms with E-state index in [1.54, 1.807) is 0 Å². The van der Waals surface area contributed by atoms with Gasteiger partial charge < -0.3 is 4.74 Å². The third-order valence-electron chi connectivity index (χ3n) is 2.83. The third-order valence-corrected chi connectivity index (χ3v) is 6.08. The summed E-state index contributed by atoms with van der Waals surface area (Å²) in [5, 5.41) is 0. The highest BCUT2D eigenvalue weighted by Gasteiger charge is 2.22. The van der Waals surface area contributed by atoms with Crippen molar-refractivity contribution in [3.63, 3.8) is 0 Å². The predicted octanol–water partition coefficient (Wildman–Crippen LogP) is 4.44. The molecule has 5 heteroatoms. The van der Waals surface area contributed by atoms with Crippen molar-refractivity contribution < 1.29 is 9.53 Å². The molecule has 3 rings (SSSR count). The van der Waals surface area contributed by atoms with Crippen LogP contribution in [0.4, 0.5) is 0 Å². The zero-order chi connectivity index (χ0) is 12.7. The van der Waals surface area contributed by atoms with E-state index >= 15 is 0 Å². The molecule has 2 nitrogen and oxygen atoms in total. The fraction of sp³-hybridized carbons (Fsp3) is 0.154. The Morgan fingerprint density at radius 1 is 1.33 bits per heavy atom. The van der Waals surface area contributed by atoms with Gasteiger partial charge >= 0.3 is 0 Å². The van der Waals surface area contributed by atoms with Gasteiger partial charge in [-0.2, -0.15) is 0 Å². The van der Waals surface area contributed by atoms with Crippen LogP contribution < -0.4 is 4.74 Å². The highest BCUT2D eigenvalue weighted by molar-refractivity contribution is 9.13. The van der Waals surface area contributed by atoms with E-state index in [0.29, 0.717) is 17.0 Å². The van der Waals surface area contributed by atoms with Gasteiger partial charge in [0.25, 0.3) is 0 Å². The van der Waals surface area contributed by atoms with Gasteiger partial charge in [-0.05, 0) is 49.6 Å². The molecule has 0 aliphatic carbocycles. The lowest BCUT2D eigenvalue weighted by Crippen LogP contribution is -2.01. The van der Waals surface area contributed by atoms with E-state index < -0.39 is 0 Å². The molecule has 0 N–H and O–H groups in total. The van der Waals surface area contributed by atoms with Crippen LogP contribution in [0.3, 0.4) is 0 Å². The Morgan fingerprint density at radius 3 is 2.89 bits per heavy atom. The Balaban J connectivity index is 2.05. The third kappa shape index (κ3) is 2.04. The first-order chi connectivity index (χ1) is 8.66. The Bertz CT molecular complexity index is 614. The Hall–Kier alpha value is -0.650. The summed E-state index contributed by atoms with van der Waals surface area (Å²) in [5.74, 6) is 0.772. The average molecular weight is 388 g/mol. The minimum absolute atomic E-state index is 0.0187. The minimum Gasteiger partial charge on any atom is -0.492 e. The maximum Gasteiger partial charge on any atom is 0.206 e. The molecular weight excluding hydrogens is 380 g/mol. The van der Waals surface area contributed by atoms with Crippen molar-refractivity contribution in [1.29, 1.82) is 0 Å². The van der Waals surface area contributed by atoms with Crippen molar-refractivity contribution >= 4 is 49.0 Å². The van der Waals surface area contributed by atoms with Crippen LogP contribution in [-0.4, -0.2) is 12.4 Å². The quantitative estimate of drug-likeness (QED) is 0.712. The summed E-state index contributed by atoms with van der Waals surface area (Å²) < 4.78 is 7.41. The van der Waals surface area contributed by atoms with E-state index in [1.807, 2.05) is 24.3 Å². The van der Waals surface area contributed by atoms with Crippen LogP contribution in [0.5, 0.6) is 5.75 Å². The fourth-order valence-electron chi connectivity index (χ4n) is 1.99. The minimum atomic E-state index is 0.0187. The van der Waals surface area contributed by atoms with E-state index in [-0.39, 0.29) is 5.78 Å². The van der Waals surface area contributed by atoms with E-state index in [0.717, 1.165) is 26.0 Å². The molecule has 2 aromatic rings. The van der Waals surface area contributed by atoms with E-state index in [1.165, 1.54) is 11.3 Å². The number of fused-ring (bicyclic) bond motifs is 1. The van der Waals surface area contributed by atoms with Gasteiger partial charge in [0.2, 0.25) is 5.78 Å². The molecule has 0 atom stereocenters.